The molecule has 0 saturated carbocycles. The highest BCUT2D eigenvalue weighted by molar-refractivity contribution is 5.76. The molecule has 0 aliphatic heterocycles. The van der Waals surface area contributed by atoms with Crippen LogP contribution in [0.5, 0.6) is 0 Å². The largest absolute Gasteiger partial charge is 0.383 e. The summed E-state index contributed by atoms with van der Waals surface area (Å²) in [5.74, 6) is 0.173. The van der Waals surface area contributed by atoms with Crippen molar-refractivity contribution in [2.75, 3.05) is 20.3 Å². The summed E-state index contributed by atoms with van der Waals surface area (Å²) in [6.45, 7) is 3.80. The average molecular weight is 278 g/mol. The Kier molecular flexibility index (Phi) is 7.92. The van der Waals surface area contributed by atoms with Crippen LogP contribution in [-0.4, -0.2) is 37.1 Å². The summed E-state index contributed by atoms with van der Waals surface area (Å²) in [4.78, 5) is 14.1. The van der Waals surface area contributed by atoms with E-state index in [1.807, 2.05) is 42.2 Å². The highest BCUT2D eigenvalue weighted by atomic mass is 16.5. The van der Waals surface area contributed by atoms with E-state index in [-0.39, 0.29) is 11.9 Å². The molecule has 1 atom stereocenters. The molecule has 0 fully saturated rings. The van der Waals surface area contributed by atoms with Crippen molar-refractivity contribution in [3.8, 4) is 0 Å². The van der Waals surface area contributed by atoms with Crippen LogP contribution in [0.25, 0.3) is 0 Å². The van der Waals surface area contributed by atoms with Gasteiger partial charge in [-0.15, -0.1) is 0 Å². The number of hydrogen-bond acceptors (Lipinski definition) is 3. The van der Waals surface area contributed by atoms with Crippen molar-refractivity contribution in [2.45, 2.75) is 38.8 Å². The van der Waals surface area contributed by atoms with E-state index in [0.717, 1.165) is 18.4 Å². The smallest absolute Gasteiger partial charge is 0.222 e. The normalized spacial score (nSPS) is 12.2. The molecule has 0 heterocycles. The number of carbonyl (C=O) groups is 1. The predicted molar refractivity (Wildman–Crippen MR) is 81.2 cm³/mol. The van der Waals surface area contributed by atoms with Crippen LogP contribution in [0.2, 0.25) is 0 Å². The zero-order valence-corrected chi connectivity index (χ0v) is 12.5. The van der Waals surface area contributed by atoms with Gasteiger partial charge in [-0.25, -0.2) is 0 Å². The van der Waals surface area contributed by atoms with Gasteiger partial charge in [0, 0.05) is 32.7 Å². The van der Waals surface area contributed by atoms with Crippen LogP contribution in [0.15, 0.2) is 30.3 Å². The van der Waals surface area contributed by atoms with Gasteiger partial charge in [0.1, 0.15) is 0 Å². The first-order valence-corrected chi connectivity index (χ1v) is 7.19. The first kappa shape index (κ1) is 16.7. The molecule has 1 aromatic carbocycles. The maximum atomic E-state index is 12.3. The number of nitrogens with two attached hydrogens (primary N) is 1. The van der Waals surface area contributed by atoms with Gasteiger partial charge in [-0.05, 0) is 25.3 Å². The Bertz CT molecular complexity index is 379. The van der Waals surface area contributed by atoms with Crippen molar-refractivity contribution < 1.29 is 9.53 Å². The molecule has 112 valence electrons. The van der Waals surface area contributed by atoms with Crippen LogP contribution < -0.4 is 5.73 Å². The summed E-state index contributed by atoms with van der Waals surface area (Å²) in [5.41, 5.74) is 6.86. The van der Waals surface area contributed by atoms with E-state index in [0.29, 0.717) is 26.1 Å². The number of rotatable bonds is 9. The van der Waals surface area contributed by atoms with Crippen molar-refractivity contribution in [1.29, 1.82) is 0 Å². The van der Waals surface area contributed by atoms with Gasteiger partial charge in [0.15, 0.2) is 0 Å². The number of ether oxygens (including phenoxy) is 1. The third-order valence-corrected chi connectivity index (χ3v) is 3.18. The van der Waals surface area contributed by atoms with Gasteiger partial charge >= 0.3 is 0 Å². The summed E-state index contributed by atoms with van der Waals surface area (Å²) in [6, 6.07) is 10.2. The molecule has 1 aromatic rings. The molecule has 1 unspecified atom stereocenters. The van der Waals surface area contributed by atoms with Gasteiger partial charge in [0.2, 0.25) is 5.91 Å². The minimum absolute atomic E-state index is 0.157. The standard InChI is InChI=1S/C16H26N2O2/c1-14(17)7-6-10-16(19)18(11-12-20-2)13-15-8-4-3-5-9-15/h3-5,8-9,14H,6-7,10-13,17H2,1-2H3. The van der Waals surface area contributed by atoms with Crippen molar-refractivity contribution in [3.63, 3.8) is 0 Å². The number of benzene rings is 1. The van der Waals surface area contributed by atoms with Crippen LogP contribution in [-0.2, 0) is 16.1 Å². The van der Waals surface area contributed by atoms with E-state index < -0.39 is 0 Å². The maximum absolute atomic E-state index is 12.3. The Morgan fingerprint density at radius 1 is 1.35 bits per heavy atom. The number of nitrogens with zero attached hydrogens (tertiary/aromatic N) is 1. The van der Waals surface area contributed by atoms with Crippen LogP contribution in [0.1, 0.15) is 31.7 Å². The molecule has 0 saturated heterocycles. The van der Waals surface area contributed by atoms with Crippen LogP contribution in [0, 0.1) is 0 Å². The Hall–Kier alpha value is -1.39. The zero-order valence-electron chi connectivity index (χ0n) is 12.5. The van der Waals surface area contributed by atoms with Gasteiger partial charge in [-0.2, -0.15) is 0 Å². The summed E-state index contributed by atoms with van der Waals surface area (Å²) in [5, 5.41) is 0. The van der Waals surface area contributed by atoms with Gasteiger partial charge in [0.05, 0.1) is 6.61 Å². The Morgan fingerprint density at radius 2 is 2.05 bits per heavy atom. The first-order chi connectivity index (χ1) is 9.63. The lowest BCUT2D eigenvalue weighted by molar-refractivity contribution is -0.132. The minimum Gasteiger partial charge on any atom is -0.383 e. The lowest BCUT2D eigenvalue weighted by Gasteiger charge is -2.23. The third kappa shape index (κ3) is 6.68. The first-order valence-electron chi connectivity index (χ1n) is 7.19. The highest BCUT2D eigenvalue weighted by Gasteiger charge is 2.13. The molecular weight excluding hydrogens is 252 g/mol. The van der Waals surface area contributed by atoms with Crippen molar-refractivity contribution in [2.24, 2.45) is 5.73 Å². The minimum atomic E-state index is 0.157. The molecule has 20 heavy (non-hydrogen) atoms. The molecule has 0 aromatic heterocycles. The molecule has 4 nitrogen and oxygen atoms in total. The number of hydrogen-bond donors (Lipinski definition) is 1. The second-order valence-corrected chi connectivity index (χ2v) is 5.16. The second-order valence-electron chi connectivity index (χ2n) is 5.16. The van der Waals surface area contributed by atoms with E-state index >= 15 is 0 Å². The average Bonchev–Trinajstić information content (AvgIpc) is 2.44. The molecule has 4 heteroatoms. The van der Waals surface area contributed by atoms with Crippen molar-refractivity contribution >= 4 is 5.91 Å². The molecular formula is C16H26N2O2. The zero-order chi connectivity index (χ0) is 14.8. The topological polar surface area (TPSA) is 55.6 Å². The molecule has 0 bridgehead atoms. The maximum Gasteiger partial charge on any atom is 0.222 e. The van der Waals surface area contributed by atoms with Gasteiger partial charge in [0.25, 0.3) is 0 Å². The van der Waals surface area contributed by atoms with E-state index in [4.69, 9.17) is 10.5 Å². The molecule has 0 radical (unpaired) electrons. The second kappa shape index (κ2) is 9.50. The van der Waals surface area contributed by atoms with Crippen molar-refractivity contribution in [3.05, 3.63) is 35.9 Å². The Labute approximate surface area is 121 Å². The summed E-state index contributed by atoms with van der Waals surface area (Å²) < 4.78 is 5.09. The van der Waals surface area contributed by atoms with E-state index in [1.165, 1.54) is 0 Å². The van der Waals surface area contributed by atoms with E-state index in [9.17, 15) is 4.79 Å². The third-order valence-electron chi connectivity index (χ3n) is 3.18. The Balaban J connectivity index is 2.52. The van der Waals surface area contributed by atoms with Crippen molar-refractivity contribution in [1.82, 2.24) is 4.90 Å². The molecule has 0 aliphatic carbocycles. The van der Waals surface area contributed by atoms with E-state index in [2.05, 4.69) is 0 Å². The molecule has 0 aliphatic rings. The van der Waals surface area contributed by atoms with Crippen LogP contribution >= 0.6 is 0 Å². The molecule has 1 rings (SSSR count). The fourth-order valence-electron chi connectivity index (χ4n) is 2.03. The highest BCUT2D eigenvalue weighted by Crippen LogP contribution is 2.08. The summed E-state index contributed by atoms with van der Waals surface area (Å²) >= 11 is 0. The summed E-state index contributed by atoms with van der Waals surface area (Å²) in [7, 11) is 1.65. The fourth-order valence-corrected chi connectivity index (χ4v) is 2.03. The number of methoxy groups -OCH3 is 1. The fraction of sp³-hybridized carbons (Fsp3) is 0.562. The quantitative estimate of drug-likeness (QED) is 0.753. The van der Waals surface area contributed by atoms with Gasteiger partial charge < -0.3 is 15.4 Å². The van der Waals surface area contributed by atoms with E-state index in [1.54, 1.807) is 7.11 Å². The number of amides is 1. The van der Waals surface area contributed by atoms with Crippen LogP contribution in [0.4, 0.5) is 0 Å². The molecule has 2 N–H and O–H groups in total. The number of carbonyl (C=O) groups excluding carboxylic acids is 1. The summed E-state index contributed by atoms with van der Waals surface area (Å²) in [6.07, 6.45) is 2.28. The Morgan fingerprint density at radius 3 is 2.65 bits per heavy atom. The van der Waals surface area contributed by atoms with Gasteiger partial charge in [-0.1, -0.05) is 30.3 Å². The monoisotopic (exact) mass is 278 g/mol. The van der Waals surface area contributed by atoms with Crippen LogP contribution in [0.3, 0.4) is 0 Å². The lowest BCUT2D eigenvalue weighted by Crippen LogP contribution is -2.33. The SMILES string of the molecule is COCCN(Cc1ccccc1)C(=O)CCCC(C)N. The lowest BCUT2D eigenvalue weighted by atomic mass is 10.1. The van der Waals surface area contributed by atoms with Gasteiger partial charge in [-0.3, -0.25) is 4.79 Å². The predicted octanol–water partition coefficient (Wildman–Crippen LogP) is 2.18. The molecule has 1 amide bonds. The molecule has 0 spiro atoms.